The lowest BCUT2D eigenvalue weighted by atomic mass is 9.99. The summed E-state index contributed by atoms with van der Waals surface area (Å²) >= 11 is 0. The van der Waals surface area contributed by atoms with E-state index in [1.54, 1.807) is 43.3 Å². The molecular formula is C19H20N2O4. The van der Waals surface area contributed by atoms with Gasteiger partial charge in [0.25, 0.3) is 5.78 Å². The summed E-state index contributed by atoms with van der Waals surface area (Å²) in [6, 6.07) is 14.9. The summed E-state index contributed by atoms with van der Waals surface area (Å²) < 4.78 is 5.70. The van der Waals surface area contributed by atoms with E-state index in [1.165, 1.54) is 14.0 Å². The molecule has 2 aromatic rings. The average Bonchev–Trinajstić information content (AvgIpc) is 2.83. The van der Waals surface area contributed by atoms with Gasteiger partial charge in [0.2, 0.25) is 5.71 Å². The topological polar surface area (TPSA) is 75.8 Å². The molecule has 0 spiro atoms. The van der Waals surface area contributed by atoms with Gasteiger partial charge in [-0.15, -0.1) is 5.06 Å². The van der Waals surface area contributed by atoms with Crippen LogP contribution in [0.3, 0.4) is 0 Å². The van der Waals surface area contributed by atoms with Crippen LogP contribution in [0.25, 0.3) is 0 Å². The number of nitrogens with zero attached hydrogens (tertiary/aromatic N) is 2. The maximum absolute atomic E-state index is 13.0. The maximum Gasteiger partial charge on any atom is 0.312 e. The third-order valence-electron chi connectivity index (χ3n) is 4.67. The zero-order chi connectivity index (χ0) is 18.2. The molecule has 2 atom stereocenters. The fourth-order valence-electron chi connectivity index (χ4n) is 3.17. The summed E-state index contributed by atoms with van der Waals surface area (Å²) in [7, 11) is 1.53. The van der Waals surface area contributed by atoms with Gasteiger partial charge in [-0.05, 0) is 43.3 Å². The van der Waals surface area contributed by atoms with E-state index in [0.717, 1.165) is 5.06 Å². The fourth-order valence-corrected chi connectivity index (χ4v) is 3.17. The van der Waals surface area contributed by atoms with Crippen molar-refractivity contribution >= 4 is 11.5 Å². The van der Waals surface area contributed by atoms with Crippen molar-refractivity contribution in [2.24, 2.45) is 0 Å². The molecule has 0 fully saturated rings. The molecule has 6 nitrogen and oxygen atoms in total. The van der Waals surface area contributed by atoms with Gasteiger partial charge < -0.3 is 15.2 Å². The first kappa shape index (κ1) is 17.1. The van der Waals surface area contributed by atoms with E-state index in [-0.39, 0.29) is 0 Å². The zero-order valence-electron chi connectivity index (χ0n) is 14.3. The summed E-state index contributed by atoms with van der Waals surface area (Å²) in [6.07, 6.45) is 0. The number of benzene rings is 2. The molecule has 0 saturated heterocycles. The molecule has 0 saturated carbocycles. The van der Waals surface area contributed by atoms with Crippen molar-refractivity contribution in [3.8, 4) is 5.75 Å². The Bertz CT molecular complexity index is 817. The van der Waals surface area contributed by atoms with Crippen LogP contribution in [0.5, 0.6) is 5.75 Å². The Balaban J connectivity index is 2.06. The van der Waals surface area contributed by atoms with Crippen molar-refractivity contribution in [3.63, 3.8) is 0 Å². The van der Waals surface area contributed by atoms with E-state index < -0.39 is 17.5 Å². The monoisotopic (exact) mass is 340 g/mol. The molecular weight excluding hydrogens is 320 g/mol. The van der Waals surface area contributed by atoms with E-state index in [1.807, 2.05) is 18.2 Å². The second-order valence-corrected chi connectivity index (χ2v) is 6.14. The molecule has 0 radical (unpaired) electrons. The molecule has 3 rings (SSSR count). The molecule has 130 valence electrons. The number of ether oxygens (including phenoxy) is 1. The molecule has 1 N–H and O–H groups in total. The summed E-state index contributed by atoms with van der Waals surface area (Å²) in [5.41, 5.74) is -0.383. The van der Waals surface area contributed by atoms with Crippen LogP contribution < -0.4 is 4.74 Å². The normalized spacial score (nSPS) is 23.8. The molecule has 1 aliphatic heterocycles. The molecule has 1 heterocycles. The molecule has 6 heteroatoms. The lowest BCUT2D eigenvalue weighted by Crippen LogP contribution is -2.54. The van der Waals surface area contributed by atoms with Crippen LogP contribution in [0.15, 0.2) is 54.6 Å². The van der Waals surface area contributed by atoms with Crippen LogP contribution in [-0.4, -0.2) is 45.3 Å². The van der Waals surface area contributed by atoms with Crippen LogP contribution in [-0.2, 0) is 0 Å². The maximum atomic E-state index is 13.0. The first-order valence-electron chi connectivity index (χ1n) is 7.98. The van der Waals surface area contributed by atoms with Gasteiger partial charge in [-0.25, -0.2) is 0 Å². The van der Waals surface area contributed by atoms with Crippen molar-refractivity contribution in [1.82, 2.24) is 5.06 Å². The number of carbonyl (C=O) groups excluding carboxylic acids is 1. The molecule has 0 aromatic heterocycles. The Morgan fingerprint density at radius 2 is 1.80 bits per heavy atom. The number of ketones is 1. The molecule has 0 bridgehead atoms. The Morgan fingerprint density at radius 1 is 1.20 bits per heavy atom. The molecule has 25 heavy (non-hydrogen) atoms. The van der Waals surface area contributed by atoms with Crippen LogP contribution in [0.1, 0.15) is 29.8 Å². The van der Waals surface area contributed by atoms with Gasteiger partial charge in [-0.2, -0.15) is 4.74 Å². The lowest BCUT2D eigenvalue weighted by molar-refractivity contribution is -0.561. The molecule has 2 aromatic carbocycles. The highest BCUT2D eigenvalue weighted by molar-refractivity contribution is 6.07. The van der Waals surface area contributed by atoms with Gasteiger partial charge in [0.05, 0.1) is 7.11 Å². The number of methoxy groups -OCH3 is 1. The second-order valence-electron chi connectivity index (χ2n) is 6.14. The van der Waals surface area contributed by atoms with Gasteiger partial charge in [0, 0.05) is 18.1 Å². The van der Waals surface area contributed by atoms with Crippen molar-refractivity contribution in [2.75, 3.05) is 7.11 Å². The minimum atomic E-state index is -1.74. The van der Waals surface area contributed by atoms with Crippen molar-refractivity contribution < 1.29 is 19.5 Å². The number of hydrogen-bond acceptors (Lipinski definition) is 5. The van der Waals surface area contributed by atoms with E-state index in [0.29, 0.717) is 27.3 Å². The minimum absolute atomic E-state index is 0.324. The highest BCUT2D eigenvalue weighted by Gasteiger charge is 2.58. The summed E-state index contributed by atoms with van der Waals surface area (Å²) in [5, 5.41) is 24.4. The van der Waals surface area contributed by atoms with Crippen molar-refractivity contribution in [2.45, 2.75) is 25.6 Å². The van der Waals surface area contributed by atoms with E-state index in [4.69, 9.17) is 4.74 Å². The van der Waals surface area contributed by atoms with Gasteiger partial charge in [0.1, 0.15) is 11.8 Å². The van der Waals surface area contributed by atoms with E-state index >= 15 is 0 Å². The summed E-state index contributed by atoms with van der Waals surface area (Å²) in [4.78, 5) is 13.0. The Morgan fingerprint density at radius 3 is 2.36 bits per heavy atom. The number of hydrogen-bond donors (Lipinski definition) is 1. The number of Topliss-reactive ketones (excluding diaryl/α,β-unsaturated/α-hetero) is 1. The number of hydroxylamine groups is 3. The van der Waals surface area contributed by atoms with Crippen LogP contribution >= 0.6 is 0 Å². The SMILES string of the molecule is COc1ccc(C(=O)[C@]2(C)N(O)[C@@H](C)C(c3ccccc3)=[N+]2[O-])cc1. The first-order chi connectivity index (χ1) is 11.9. The Kier molecular flexibility index (Phi) is 4.32. The predicted molar refractivity (Wildman–Crippen MR) is 93.0 cm³/mol. The zero-order valence-corrected chi connectivity index (χ0v) is 14.3. The van der Waals surface area contributed by atoms with Gasteiger partial charge in [0.15, 0.2) is 0 Å². The quantitative estimate of drug-likeness (QED) is 0.526. The highest BCUT2D eigenvalue weighted by atomic mass is 16.6. The minimum Gasteiger partial charge on any atom is -0.622 e. The fraction of sp³-hybridized carbons (Fsp3) is 0.263. The van der Waals surface area contributed by atoms with Crippen molar-refractivity contribution in [3.05, 3.63) is 70.9 Å². The number of carbonyl (C=O) groups is 1. The molecule has 0 amide bonds. The standard InChI is InChI=1S/C19H20N2O4/c1-13-17(14-7-5-4-6-8-14)21(24)19(2,20(13)23)18(22)15-9-11-16(25-3)12-10-15/h4-13,23H,1-3H3/t13-,19+/m0/s1. The van der Waals surface area contributed by atoms with Gasteiger partial charge in [-0.3, -0.25) is 4.79 Å². The third kappa shape index (κ3) is 2.59. The molecule has 1 aliphatic rings. The summed E-state index contributed by atoms with van der Waals surface area (Å²) in [6.45, 7) is 3.12. The van der Waals surface area contributed by atoms with Crippen LogP contribution in [0.4, 0.5) is 0 Å². The van der Waals surface area contributed by atoms with Gasteiger partial charge >= 0.3 is 5.66 Å². The average molecular weight is 340 g/mol. The third-order valence-corrected chi connectivity index (χ3v) is 4.67. The molecule has 0 aliphatic carbocycles. The smallest absolute Gasteiger partial charge is 0.312 e. The van der Waals surface area contributed by atoms with E-state index in [9.17, 15) is 15.2 Å². The van der Waals surface area contributed by atoms with Crippen molar-refractivity contribution in [1.29, 1.82) is 0 Å². The number of rotatable bonds is 4. The van der Waals surface area contributed by atoms with Crippen LogP contribution in [0.2, 0.25) is 0 Å². The van der Waals surface area contributed by atoms with Crippen LogP contribution in [0, 0.1) is 5.21 Å². The molecule has 0 unspecified atom stereocenters. The largest absolute Gasteiger partial charge is 0.622 e. The second kappa shape index (κ2) is 6.31. The lowest BCUT2D eigenvalue weighted by Gasteiger charge is -2.27. The Labute approximate surface area is 146 Å². The Hall–Kier alpha value is -2.70. The summed E-state index contributed by atoms with van der Waals surface area (Å²) in [5.74, 6) is 0.128. The highest BCUT2D eigenvalue weighted by Crippen LogP contribution is 2.31. The van der Waals surface area contributed by atoms with E-state index in [2.05, 4.69) is 0 Å². The first-order valence-corrected chi connectivity index (χ1v) is 7.98. The van der Waals surface area contributed by atoms with Gasteiger partial charge in [-0.1, -0.05) is 18.2 Å². The predicted octanol–water partition coefficient (Wildman–Crippen LogP) is 2.69.